The standard InChI is InChI=1S/C19H11Cl2N3O3/c20-14-6-11(7-15(21)18(14)25)19(26)24-10-12-8-17(22-9-16(12)23-24)27-13-4-2-1-3-5-13/h1-10,25H. The fraction of sp³-hybridized carbons (Fsp3) is 0. The van der Waals surface area contributed by atoms with Crippen LogP contribution < -0.4 is 4.74 Å². The van der Waals surface area contributed by atoms with Gasteiger partial charge in [0.15, 0.2) is 5.75 Å². The molecule has 2 aromatic heterocycles. The van der Waals surface area contributed by atoms with Crippen LogP contribution >= 0.6 is 23.2 Å². The van der Waals surface area contributed by atoms with Gasteiger partial charge in [0.2, 0.25) is 5.88 Å². The third-order valence-electron chi connectivity index (χ3n) is 3.80. The summed E-state index contributed by atoms with van der Waals surface area (Å²) < 4.78 is 6.85. The van der Waals surface area contributed by atoms with E-state index < -0.39 is 5.91 Å². The van der Waals surface area contributed by atoms with E-state index in [1.807, 2.05) is 30.3 Å². The van der Waals surface area contributed by atoms with E-state index in [9.17, 15) is 9.90 Å². The van der Waals surface area contributed by atoms with Gasteiger partial charge in [-0.3, -0.25) is 4.79 Å². The van der Waals surface area contributed by atoms with E-state index in [-0.39, 0.29) is 21.4 Å². The lowest BCUT2D eigenvalue weighted by atomic mass is 10.2. The summed E-state index contributed by atoms with van der Waals surface area (Å²) in [5, 5.41) is 14.5. The number of phenols is 1. The zero-order valence-electron chi connectivity index (χ0n) is 13.6. The first-order valence-corrected chi connectivity index (χ1v) is 8.58. The highest BCUT2D eigenvalue weighted by Crippen LogP contribution is 2.33. The number of pyridine rings is 1. The molecule has 0 aliphatic rings. The highest BCUT2D eigenvalue weighted by atomic mass is 35.5. The van der Waals surface area contributed by atoms with Gasteiger partial charge in [0.1, 0.15) is 11.3 Å². The van der Waals surface area contributed by atoms with Crippen LogP contribution in [0.15, 0.2) is 60.9 Å². The van der Waals surface area contributed by atoms with Crippen molar-refractivity contribution in [2.24, 2.45) is 0 Å². The van der Waals surface area contributed by atoms with Crippen molar-refractivity contribution < 1.29 is 14.6 Å². The summed E-state index contributed by atoms with van der Waals surface area (Å²) in [7, 11) is 0. The smallest absolute Gasteiger partial charge is 0.278 e. The Morgan fingerprint density at radius 1 is 1.07 bits per heavy atom. The van der Waals surface area contributed by atoms with Crippen LogP contribution in [0.3, 0.4) is 0 Å². The topological polar surface area (TPSA) is 77.2 Å². The average molecular weight is 400 g/mol. The molecule has 2 aromatic carbocycles. The van der Waals surface area contributed by atoms with Gasteiger partial charge in [-0.1, -0.05) is 41.4 Å². The van der Waals surface area contributed by atoms with Gasteiger partial charge in [-0.05, 0) is 24.3 Å². The number of nitrogens with zero attached hydrogens (tertiary/aromatic N) is 3. The highest BCUT2D eigenvalue weighted by Gasteiger charge is 2.16. The molecule has 0 saturated carbocycles. The van der Waals surface area contributed by atoms with Crippen LogP contribution in [0.25, 0.3) is 10.9 Å². The van der Waals surface area contributed by atoms with Crippen LogP contribution in [-0.2, 0) is 0 Å². The van der Waals surface area contributed by atoms with Crippen molar-refractivity contribution in [1.29, 1.82) is 0 Å². The Morgan fingerprint density at radius 3 is 2.48 bits per heavy atom. The monoisotopic (exact) mass is 399 g/mol. The molecule has 0 bridgehead atoms. The molecular weight excluding hydrogens is 389 g/mol. The minimum atomic E-state index is -0.444. The van der Waals surface area contributed by atoms with Crippen molar-refractivity contribution in [1.82, 2.24) is 14.8 Å². The molecule has 0 aliphatic heterocycles. The molecule has 0 saturated heterocycles. The molecule has 4 aromatic rings. The summed E-state index contributed by atoms with van der Waals surface area (Å²) in [4.78, 5) is 16.9. The third-order valence-corrected chi connectivity index (χ3v) is 4.38. The first-order chi connectivity index (χ1) is 13.0. The minimum absolute atomic E-state index is 0.0113. The van der Waals surface area contributed by atoms with Crippen molar-refractivity contribution >= 4 is 40.0 Å². The molecule has 134 valence electrons. The van der Waals surface area contributed by atoms with E-state index in [4.69, 9.17) is 27.9 Å². The Hall–Kier alpha value is -3.09. The molecule has 0 amide bonds. The number of carbonyl (C=O) groups excluding carboxylic acids is 1. The maximum absolute atomic E-state index is 12.7. The van der Waals surface area contributed by atoms with Crippen molar-refractivity contribution in [3.63, 3.8) is 0 Å². The lowest BCUT2D eigenvalue weighted by Crippen LogP contribution is -2.12. The lowest BCUT2D eigenvalue weighted by molar-refractivity contribution is 0.0946. The number of fused-ring (bicyclic) bond motifs is 1. The summed E-state index contributed by atoms with van der Waals surface area (Å²) in [6.07, 6.45) is 3.08. The van der Waals surface area contributed by atoms with Gasteiger partial charge in [-0.25, -0.2) is 9.67 Å². The Morgan fingerprint density at radius 2 is 1.78 bits per heavy atom. The van der Waals surface area contributed by atoms with Crippen LogP contribution in [0.1, 0.15) is 10.4 Å². The number of hydrogen-bond donors (Lipinski definition) is 1. The molecule has 6 nitrogen and oxygen atoms in total. The van der Waals surface area contributed by atoms with E-state index in [0.717, 1.165) is 4.68 Å². The fourth-order valence-corrected chi connectivity index (χ4v) is 2.98. The van der Waals surface area contributed by atoms with Crippen LogP contribution in [0.2, 0.25) is 10.0 Å². The predicted molar refractivity (Wildman–Crippen MR) is 102 cm³/mol. The zero-order chi connectivity index (χ0) is 19.0. The Kier molecular flexibility index (Phi) is 4.43. The first-order valence-electron chi connectivity index (χ1n) is 7.82. The molecule has 0 atom stereocenters. The second-order valence-corrected chi connectivity index (χ2v) is 6.48. The van der Waals surface area contributed by atoms with E-state index in [1.54, 1.807) is 12.3 Å². The molecule has 8 heteroatoms. The third kappa shape index (κ3) is 3.45. The Balaban J connectivity index is 1.66. The summed E-state index contributed by atoms with van der Waals surface area (Å²) in [5.74, 6) is 0.325. The molecule has 0 aliphatic carbocycles. The van der Waals surface area contributed by atoms with Crippen molar-refractivity contribution in [2.45, 2.75) is 0 Å². The van der Waals surface area contributed by atoms with Crippen molar-refractivity contribution in [2.75, 3.05) is 0 Å². The van der Waals surface area contributed by atoms with Crippen LogP contribution in [0, 0.1) is 0 Å². The Bertz CT molecular complexity index is 1140. The van der Waals surface area contributed by atoms with Gasteiger partial charge < -0.3 is 9.84 Å². The summed E-state index contributed by atoms with van der Waals surface area (Å²) in [6.45, 7) is 0. The lowest BCUT2D eigenvalue weighted by Gasteiger charge is -2.04. The van der Waals surface area contributed by atoms with Crippen LogP contribution in [0.5, 0.6) is 17.4 Å². The number of para-hydroxylation sites is 1. The predicted octanol–water partition coefficient (Wildman–Crippen LogP) is 4.92. The number of halogens is 2. The van der Waals surface area contributed by atoms with Gasteiger partial charge in [0, 0.05) is 23.2 Å². The molecule has 0 radical (unpaired) electrons. The first kappa shape index (κ1) is 17.3. The second-order valence-electron chi connectivity index (χ2n) is 5.66. The highest BCUT2D eigenvalue weighted by molar-refractivity contribution is 6.37. The average Bonchev–Trinajstić information content (AvgIpc) is 3.09. The Labute approximate surface area is 163 Å². The number of rotatable bonds is 3. The maximum atomic E-state index is 12.7. The van der Waals surface area contributed by atoms with E-state index in [0.29, 0.717) is 22.5 Å². The van der Waals surface area contributed by atoms with Crippen LogP contribution in [0.4, 0.5) is 0 Å². The molecule has 27 heavy (non-hydrogen) atoms. The zero-order valence-corrected chi connectivity index (χ0v) is 15.1. The molecule has 0 unspecified atom stereocenters. The van der Waals surface area contributed by atoms with Gasteiger partial charge in [-0.15, -0.1) is 0 Å². The minimum Gasteiger partial charge on any atom is -0.505 e. The van der Waals surface area contributed by atoms with Gasteiger partial charge in [0.05, 0.1) is 16.2 Å². The van der Waals surface area contributed by atoms with Gasteiger partial charge >= 0.3 is 0 Å². The SMILES string of the molecule is O=C(c1cc(Cl)c(O)c(Cl)c1)n1cc2cc(Oc3ccccc3)ncc2n1. The second kappa shape index (κ2) is 6.90. The fourth-order valence-electron chi connectivity index (χ4n) is 2.50. The molecule has 1 N–H and O–H groups in total. The largest absolute Gasteiger partial charge is 0.505 e. The summed E-state index contributed by atoms with van der Waals surface area (Å²) in [5.41, 5.74) is 0.726. The summed E-state index contributed by atoms with van der Waals surface area (Å²) >= 11 is 11.8. The van der Waals surface area contributed by atoms with Crippen molar-refractivity contribution in [3.05, 3.63) is 76.5 Å². The molecule has 2 heterocycles. The maximum Gasteiger partial charge on any atom is 0.278 e. The molecule has 0 spiro atoms. The van der Waals surface area contributed by atoms with Crippen LogP contribution in [-0.4, -0.2) is 25.8 Å². The molecule has 0 fully saturated rings. The number of carbonyl (C=O) groups is 1. The van der Waals surface area contributed by atoms with Gasteiger partial charge in [-0.2, -0.15) is 5.10 Å². The number of hydrogen-bond acceptors (Lipinski definition) is 5. The van der Waals surface area contributed by atoms with Crippen molar-refractivity contribution in [3.8, 4) is 17.4 Å². The molecule has 4 rings (SSSR count). The number of ether oxygens (including phenoxy) is 1. The van der Waals surface area contributed by atoms with Gasteiger partial charge in [0.25, 0.3) is 5.91 Å². The number of aromatic nitrogens is 3. The summed E-state index contributed by atoms with van der Waals surface area (Å²) in [6, 6.07) is 13.6. The number of phenolic OH excluding ortho intramolecular Hbond substituents is 1. The van der Waals surface area contributed by atoms with E-state index in [1.165, 1.54) is 18.3 Å². The number of aromatic hydroxyl groups is 1. The number of benzene rings is 2. The quantitative estimate of drug-likeness (QED) is 0.528. The van der Waals surface area contributed by atoms with E-state index >= 15 is 0 Å². The normalized spacial score (nSPS) is 10.9. The van der Waals surface area contributed by atoms with E-state index in [2.05, 4.69) is 10.1 Å². The molecular formula is C19H11Cl2N3O3.